The minimum absolute atomic E-state index is 0.0441. The van der Waals surface area contributed by atoms with E-state index in [-0.39, 0.29) is 35.2 Å². The van der Waals surface area contributed by atoms with Crippen molar-refractivity contribution in [1.82, 2.24) is 0 Å². The topological polar surface area (TPSA) is 148 Å². The number of carbonyl (C=O) groups excluding carboxylic acids is 4. The molecule has 2 aliphatic heterocycles. The first-order valence-corrected chi connectivity index (χ1v) is 19.7. The van der Waals surface area contributed by atoms with E-state index in [1.807, 2.05) is 36.4 Å². The molecule has 12 nitrogen and oxygen atoms in total. The first kappa shape index (κ1) is 42.4. The third kappa shape index (κ3) is 9.60. The zero-order valence-corrected chi connectivity index (χ0v) is 34.5. The van der Waals surface area contributed by atoms with Gasteiger partial charge in [0.05, 0.1) is 76.5 Å². The molecular formula is C40H40Cl2N2O10S2. The molecule has 0 saturated heterocycles. The van der Waals surface area contributed by atoms with Gasteiger partial charge in [-0.25, -0.2) is 0 Å². The number of hydrogen-bond acceptors (Lipinski definition) is 12. The van der Waals surface area contributed by atoms with Crippen molar-refractivity contribution in [2.24, 2.45) is 0 Å². The van der Waals surface area contributed by atoms with Crippen LogP contribution in [0.1, 0.15) is 45.6 Å². The lowest BCUT2D eigenvalue weighted by atomic mass is 10.0. The fraction of sp³-hybridized carbons (Fsp3) is 0.300. The number of nitrogens with one attached hydrogen (secondary N) is 2. The fourth-order valence-electron chi connectivity index (χ4n) is 6.22. The van der Waals surface area contributed by atoms with Crippen LogP contribution in [0.25, 0.3) is 0 Å². The number of para-hydroxylation sites is 2. The normalized spacial score (nSPS) is 18.5. The van der Waals surface area contributed by atoms with Gasteiger partial charge in [0.15, 0.2) is 23.0 Å². The standard InChI is InChI=1S/2C20H20ClNO5S/c2*1-25-15-6-4-5-12(18(15)27-3)19-13-9-11(21)7-8-14(13)22-20(24)16(28-19)10-17(23)26-2/h2*4-9,16,19H,10H2,1-3H3,(H,22,24)/t16-,19+;16-,19-/m11/s1. The molecule has 0 radical (unpaired) electrons. The summed E-state index contributed by atoms with van der Waals surface area (Å²) in [4.78, 5) is 49.2. The van der Waals surface area contributed by atoms with E-state index >= 15 is 0 Å². The van der Waals surface area contributed by atoms with Crippen molar-refractivity contribution >= 4 is 81.9 Å². The van der Waals surface area contributed by atoms with Crippen LogP contribution in [0.5, 0.6) is 23.0 Å². The second kappa shape index (κ2) is 19.4. The smallest absolute Gasteiger partial charge is 0.307 e. The Morgan fingerprint density at radius 1 is 0.571 bits per heavy atom. The molecule has 0 bridgehead atoms. The van der Waals surface area contributed by atoms with Gasteiger partial charge >= 0.3 is 11.9 Å². The monoisotopic (exact) mass is 842 g/mol. The van der Waals surface area contributed by atoms with Crippen molar-refractivity contribution < 1.29 is 47.6 Å². The van der Waals surface area contributed by atoms with Crippen molar-refractivity contribution in [2.45, 2.75) is 33.8 Å². The van der Waals surface area contributed by atoms with Crippen LogP contribution in [0.2, 0.25) is 10.0 Å². The highest BCUT2D eigenvalue weighted by molar-refractivity contribution is 8.01. The van der Waals surface area contributed by atoms with Crippen molar-refractivity contribution in [3.63, 3.8) is 0 Å². The first-order valence-electron chi connectivity index (χ1n) is 17.0. The van der Waals surface area contributed by atoms with Gasteiger partial charge in [-0.3, -0.25) is 19.2 Å². The van der Waals surface area contributed by atoms with Gasteiger partial charge in [0, 0.05) is 32.5 Å². The van der Waals surface area contributed by atoms with Gasteiger partial charge < -0.3 is 39.1 Å². The molecule has 296 valence electrons. The number of hydrogen-bond donors (Lipinski definition) is 2. The fourth-order valence-corrected chi connectivity index (χ4v) is 9.42. The number of ether oxygens (including phenoxy) is 6. The van der Waals surface area contributed by atoms with Crippen LogP contribution in [-0.4, -0.2) is 76.9 Å². The Morgan fingerprint density at radius 3 is 1.30 bits per heavy atom. The molecule has 2 aliphatic rings. The number of esters is 2. The number of benzene rings is 4. The van der Waals surface area contributed by atoms with Crippen LogP contribution in [0.15, 0.2) is 72.8 Å². The summed E-state index contributed by atoms with van der Waals surface area (Å²) in [6.45, 7) is 0. The predicted molar refractivity (Wildman–Crippen MR) is 219 cm³/mol. The molecule has 0 saturated carbocycles. The maximum Gasteiger partial charge on any atom is 0.307 e. The molecule has 2 amide bonds. The summed E-state index contributed by atoms with van der Waals surface area (Å²) in [6, 6.07) is 21.7. The molecule has 4 aromatic rings. The van der Waals surface area contributed by atoms with Gasteiger partial charge in [-0.15, -0.1) is 23.5 Å². The Hall–Kier alpha value is -4.76. The zero-order valence-electron chi connectivity index (χ0n) is 31.3. The zero-order chi connectivity index (χ0) is 40.5. The number of halogens is 2. The molecule has 0 unspecified atom stereocenters. The second-order valence-corrected chi connectivity index (χ2v) is 15.7. The van der Waals surface area contributed by atoms with E-state index in [0.29, 0.717) is 44.4 Å². The quantitative estimate of drug-likeness (QED) is 0.149. The molecule has 0 fully saturated rings. The minimum Gasteiger partial charge on any atom is -0.493 e. The van der Waals surface area contributed by atoms with E-state index in [2.05, 4.69) is 10.6 Å². The summed E-state index contributed by atoms with van der Waals surface area (Å²) in [7, 11) is 8.88. The van der Waals surface area contributed by atoms with Crippen molar-refractivity contribution in [2.75, 3.05) is 53.3 Å². The SMILES string of the molecule is COC(=O)C[C@H]1S[C@@H](c2cccc(OC)c2OC)c2cc(Cl)ccc2NC1=O.COC(=O)C[C@H]1S[C@H](c2cccc(OC)c2OC)c2cc(Cl)ccc2NC1=O. The van der Waals surface area contributed by atoms with E-state index in [4.69, 9.17) is 51.6 Å². The van der Waals surface area contributed by atoms with Gasteiger partial charge in [0.1, 0.15) is 0 Å². The van der Waals surface area contributed by atoms with Crippen molar-refractivity contribution in [3.8, 4) is 23.0 Å². The molecule has 16 heteroatoms. The van der Waals surface area contributed by atoms with Crippen molar-refractivity contribution in [3.05, 3.63) is 105 Å². The molecule has 0 aliphatic carbocycles. The summed E-state index contributed by atoms with van der Waals surface area (Å²) in [5.74, 6) is 0.876. The number of carbonyl (C=O) groups is 4. The lowest BCUT2D eigenvalue weighted by Crippen LogP contribution is -2.27. The largest absolute Gasteiger partial charge is 0.493 e. The summed E-state index contributed by atoms with van der Waals surface area (Å²) >= 11 is 15.2. The average Bonchev–Trinajstić information content (AvgIpc) is 3.43. The molecule has 0 aromatic heterocycles. The Kier molecular flexibility index (Phi) is 14.7. The van der Waals surface area contributed by atoms with Gasteiger partial charge in [-0.2, -0.15) is 0 Å². The van der Waals surface area contributed by atoms with Crippen LogP contribution in [0, 0.1) is 0 Å². The Labute approximate surface area is 343 Å². The van der Waals surface area contributed by atoms with E-state index < -0.39 is 22.4 Å². The Morgan fingerprint density at radius 2 is 0.964 bits per heavy atom. The highest BCUT2D eigenvalue weighted by Gasteiger charge is 2.37. The minimum atomic E-state index is -0.639. The third-order valence-corrected chi connectivity index (χ3v) is 12.3. The number of rotatable bonds is 10. The van der Waals surface area contributed by atoms with E-state index in [1.165, 1.54) is 37.7 Å². The van der Waals surface area contributed by atoms with E-state index in [1.54, 1.807) is 64.8 Å². The van der Waals surface area contributed by atoms with Gasteiger partial charge in [-0.05, 0) is 59.7 Å². The van der Waals surface area contributed by atoms with Crippen LogP contribution in [0.4, 0.5) is 11.4 Å². The number of thioether (sulfide) groups is 2. The summed E-state index contributed by atoms with van der Waals surface area (Å²) in [5, 5.41) is 4.99. The van der Waals surface area contributed by atoms with E-state index in [9.17, 15) is 19.2 Å². The molecule has 2 heterocycles. The molecule has 56 heavy (non-hydrogen) atoms. The molecular weight excluding hydrogens is 803 g/mol. The number of methoxy groups -OCH3 is 6. The highest BCUT2D eigenvalue weighted by atomic mass is 35.5. The maximum absolute atomic E-state index is 12.7. The lowest BCUT2D eigenvalue weighted by Gasteiger charge is -2.23. The van der Waals surface area contributed by atoms with Crippen LogP contribution >= 0.6 is 46.7 Å². The van der Waals surface area contributed by atoms with Crippen LogP contribution < -0.4 is 29.6 Å². The number of amides is 2. The predicted octanol–water partition coefficient (Wildman–Crippen LogP) is 8.13. The second-order valence-electron chi connectivity index (χ2n) is 12.2. The first-order chi connectivity index (χ1) is 27.0. The van der Waals surface area contributed by atoms with Gasteiger partial charge in [0.2, 0.25) is 11.8 Å². The summed E-state index contributed by atoms with van der Waals surface area (Å²) in [6.07, 6.45) is -0.0883. The third-order valence-electron chi connectivity index (χ3n) is 8.88. The van der Waals surface area contributed by atoms with E-state index in [0.717, 1.165) is 22.3 Å². The van der Waals surface area contributed by atoms with Crippen LogP contribution in [-0.2, 0) is 28.7 Å². The molecule has 2 N–H and O–H groups in total. The summed E-state index contributed by atoms with van der Waals surface area (Å²) < 4.78 is 31.6. The number of anilines is 2. The molecule has 0 spiro atoms. The molecule has 6 rings (SSSR count). The Balaban J connectivity index is 0.000000214. The number of fused-ring (bicyclic) bond motifs is 2. The average molecular weight is 844 g/mol. The maximum atomic E-state index is 12.7. The summed E-state index contributed by atoms with van der Waals surface area (Å²) in [5.41, 5.74) is 4.58. The van der Waals surface area contributed by atoms with Crippen LogP contribution in [0.3, 0.4) is 0 Å². The molecule has 4 atom stereocenters. The van der Waals surface area contributed by atoms with Crippen molar-refractivity contribution in [1.29, 1.82) is 0 Å². The molecule has 4 aromatic carbocycles. The van der Waals surface area contributed by atoms with Gasteiger partial charge in [0.25, 0.3) is 0 Å². The lowest BCUT2D eigenvalue weighted by molar-refractivity contribution is -0.142. The van der Waals surface area contributed by atoms with Gasteiger partial charge in [-0.1, -0.05) is 47.5 Å². The Bertz CT molecular complexity index is 1960. The highest BCUT2D eigenvalue weighted by Crippen LogP contribution is 2.51.